The van der Waals surface area contributed by atoms with Crippen LogP contribution in [0.4, 0.5) is 13.2 Å². The van der Waals surface area contributed by atoms with E-state index in [2.05, 4.69) is 4.99 Å². The van der Waals surface area contributed by atoms with E-state index in [9.17, 15) is 18.3 Å². The van der Waals surface area contributed by atoms with Gasteiger partial charge in [0, 0.05) is 11.2 Å². The zero-order chi connectivity index (χ0) is 15.0. The predicted octanol–water partition coefficient (Wildman–Crippen LogP) is 3.99. The van der Waals surface area contributed by atoms with Gasteiger partial charge in [-0.15, -0.1) is 11.8 Å². The molecule has 4 fully saturated rings. The Morgan fingerprint density at radius 1 is 1.10 bits per heavy atom. The molecule has 5 rings (SSSR count). The molecular formula is C15H20F3NOS. The van der Waals surface area contributed by atoms with E-state index in [4.69, 9.17) is 0 Å². The number of alkyl halides is 3. The summed E-state index contributed by atoms with van der Waals surface area (Å²) in [4.78, 5) is 3.60. The highest BCUT2D eigenvalue weighted by Gasteiger charge is 2.66. The average molecular weight is 319 g/mol. The van der Waals surface area contributed by atoms with Crippen LogP contribution in [-0.4, -0.2) is 26.8 Å². The van der Waals surface area contributed by atoms with Gasteiger partial charge in [-0.25, -0.2) is 4.99 Å². The number of halogens is 3. The zero-order valence-electron chi connectivity index (χ0n) is 12.0. The predicted molar refractivity (Wildman–Crippen MR) is 76.1 cm³/mol. The maximum absolute atomic E-state index is 13.3. The lowest BCUT2D eigenvalue weighted by Crippen LogP contribution is -2.62. The Balaban J connectivity index is 1.74. The first-order chi connectivity index (χ1) is 9.72. The van der Waals surface area contributed by atoms with Crippen LogP contribution in [0.5, 0.6) is 0 Å². The first kappa shape index (κ1) is 14.4. The van der Waals surface area contributed by atoms with Crippen molar-refractivity contribution in [1.29, 1.82) is 0 Å². The smallest absolute Gasteiger partial charge is 0.362 e. The number of hydrogen-bond acceptors (Lipinski definition) is 3. The molecule has 0 aromatic rings. The van der Waals surface area contributed by atoms with Gasteiger partial charge in [0.15, 0.2) is 0 Å². The maximum atomic E-state index is 13.3. The van der Waals surface area contributed by atoms with Gasteiger partial charge in [0.1, 0.15) is 0 Å². The monoisotopic (exact) mass is 319 g/mol. The van der Waals surface area contributed by atoms with Crippen LogP contribution < -0.4 is 0 Å². The van der Waals surface area contributed by atoms with Gasteiger partial charge in [0.2, 0.25) is 0 Å². The molecule has 5 aliphatic rings. The molecule has 4 aliphatic carbocycles. The molecule has 1 aliphatic heterocycles. The summed E-state index contributed by atoms with van der Waals surface area (Å²) in [6.45, 7) is 1.62. The summed E-state index contributed by atoms with van der Waals surface area (Å²) in [6.07, 6.45) is 0.506. The fourth-order valence-corrected chi connectivity index (χ4v) is 7.36. The Morgan fingerprint density at radius 2 is 1.62 bits per heavy atom. The Hall–Kier alpha value is -0.230. The van der Waals surface area contributed by atoms with E-state index in [-0.39, 0.29) is 6.42 Å². The van der Waals surface area contributed by atoms with Gasteiger partial charge in [0.25, 0.3) is 5.72 Å². The number of aliphatic hydroxyl groups is 1. The van der Waals surface area contributed by atoms with E-state index in [0.717, 1.165) is 25.7 Å². The van der Waals surface area contributed by atoms with Crippen LogP contribution in [0.15, 0.2) is 4.99 Å². The molecular weight excluding hydrogens is 299 g/mol. The van der Waals surface area contributed by atoms with E-state index >= 15 is 0 Å². The molecule has 0 unspecified atom stereocenters. The van der Waals surface area contributed by atoms with E-state index in [1.807, 2.05) is 0 Å². The van der Waals surface area contributed by atoms with Crippen LogP contribution >= 0.6 is 11.8 Å². The van der Waals surface area contributed by atoms with Crippen molar-refractivity contribution in [3.63, 3.8) is 0 Å². The molecule has 4 saturated carbocycles. The molecule has 0 saturated heterocycles. The van der Waals surface area contributed by atoms with Crippen molar-refractivity contribution in [2.45, 2.75) is 62.1 Å². The van der Waals surface area contributed by atoms with Crippen LogP contribution in [0.1, 0.15) is 45.4 Å². The van der Waals surface area contributed by atoms with Crippen molar-refractivity contribution in [2.75, 3.05) is 0 Å². The fraction of sp³-hybridized carbons (Fsp3) is 0.933. The Kier molecular flexibility index (Phi) is 2.87. The van der Waals surface area contributed by atoms with Crippen molar-refractivity contribution in [3.05, 3.63) is 0 Å². The number of hydrogen-bond donors (Lipinski definition) is 1. The molecule has 1 spiro atoms. The first-order valence-corrected chi connectivity index (χ1v) is 8.58. The highest BCUT2D eigenvalue weighted by Crippen LogP contribution is 2.66. The first-order valence-electron chi connectivity index (χ1n) is 7.76. The van der Waals surface area contributed by atoms with Gasteiger partial charge in [-0.3, -0.25) is 0 Å². The van der Waals surface area contributed by atoms with Crippen LogP contribution in [0, 0.1) is 23.7 Å². The van der Waals surface area contributed by atoms with Gasteiger partial charge in [0.05, 0.1) is 5.04 Å². The molecule has 1 atom stereocenters. The van der Waals surface area contributed by atoms with E-state index < -0.39 is 16.6 Å². The van der Waals surface area contributed by atoms with Crippen LogP contribution in [0.25, 0.3) is 0 Å². The molecule has 1 N–H and O–H groups in total. The van der Waals surface area contributed by atoms with Crippen LogP contribution in [0.2, 0.25) is 0 Å². The SMILES string of the molecule is CC1=N[C@](O)(C(F)(F)F)CC2(S1)C1CC3CC(C1)CC2C3. The van der Waals surface area contributed by atoms with Crippen molar-refractivity contribution < 1.29 is 18.3 Å². The molecule has 0 amide bonds. The van der Waals surface area contributed by atoms with Crippen molar-refractivity contribution >= 4 is 16.8 Å². The average Bonchev–Trinajstić information content (AvgIpc) is 2.33. The van der Waals surface area contributed by atoms with Crippen molar-refractivity contribution in [3.8, 4) is 0 Å². The minimum absolute atomic E-state index is 0.250. The normalized spacial score (nSPS) is 52.3. The maximum Gasteiger partial charge on any atom is 0.438 e. The second-order valence-corrected chi connectivity index (χ2v) is 9.04. The van der Waals surface area contributed by atoms with Gasteiger partial charge in [-0.1, -0.05) is 0 Å². The molecule has 1 heterocycles. The summed E-state index contributed by atoms with van der Waals surface area (Å²) in [5.41, 5.74) is -2.88. The van der Waals surface area contributed by atoms with Gasteiger partial charge in [-0.2, -0.15) is 13.2 Å². The summed E-state index contributed by atoms with van der Waals surface area (Å²) in [5, 5.41) is 10.6. The topological polar surface area (TPSA) is 32.6 Å². The second-order valence-electron chi connectivity index (χ2n) is 7.48. The lowest BCUT2D eigenvalue weighted by Gasteiger charge is -2.63. The third-order valence-corrected chi connectivity index (χ3v) is 7.75. The third-order valence-electron chi connectivity index (χ3n) is 6.18. The van der Waals surface area contributed by atoms with Crippen molar-refractivity contribution in [1.82, 2.24) is 0 Å². The standard InChI is InChI=1S/C15H20F3NOS/c1-8-19-14(20,15(16,17)18)7-13(21-8)11-3-9-2-10(5-11)6-12(13)4-9/h9-12,20H,2-7H2,1H3/t9?,10?,11?,12?,13?,14-/m1/s1. The number of aliphatic imine (C=N–C) groups is 1. The summed E-state index contributed by atoms with van der Waals surface area (Å²) < 4.78 is 39.6. The summed E-state index contributed by atoms with van der Waals surface area (Å²) in [6, 6.07) is 0. The summed E-state index contributed by atoms with van der Waals surface area (Å²) >= 11 is 1.53. The van der Waals surface area contributed by atoms with Crippen LogP contribution in [0.3, 0.4) is 0 Å². The second kappa shape index (κ2) is 4.19. The van der Waals surface area contributed by atoms with E-state index in [0.29, 0.717) is 28.7 Å². The molecule has 6 heteroatoms. The summed E-state index contributed by atoms with van der Waals surface area (Å²) in [7, 11) is 0. The molecule has 0 radical (unpaired) electrons. The molecule has 0 aromatic heterocycles. The van der Waals surface area contributed by atoms with Gasteiger partial charge in [-0.05, 0) is 62.7 Å². The molecule has 0 aromatic carbocycles. The molecule has 21 heavy (non-hydrogen) atoms. The zero-order valence-corrected chi connectivity index (χ0v) is 12.8. The Labute approximate surface area is 126 Å². The number of rotatable bonds is 0. The molecule has 4 bridgehead atoms. The van der Waals surface area contributed by atoms with Gasteiger partial charge < -0.3 is 5.11 Å². The number of thioether (sulfide) groups is 1. The largest absolute Gasteiger partial charge is 0.438 e. The van der Waals surface area contributed by atoms with Crippen molar-refractivity contribution in [2.24, 2.45) is 28.7 Å². The minimum Gasteiger partial charge on any atom is -0.362 e. The number of nitrogens with zero attached hydrogens (tertiary/aromatic N) is 1. The molecule has 118 valence electrons. The summed E-state index contributed by atoms with van der Waals surface area (Å²) in [5.74, 6) is 2.05. The van der Waals surface area contributed by atoms with Crippen LogP contribution in [-0.2, 0) is 0 Å². The van der Waals surface area contributed by atoms with E-state index in [1.165, 1.54) is 18.2 Å². The fourth-order valence-electron chi connectivity index (χ4n) is 5.62. The van der Waals surface area contributed by atoms with E-state index in [1.54, 1.807) is 6.92 Å². The minimum atomic E-state index is -4.68. The third kappa shape index (κ3) is 1.94. The Morgan fingerprint density at radius 3 is 2.10 bits per heavy atom. The lowest BCUT2D eigenvalue weighted by atomic mass is 9.50. The quantitative estimate of drug-likeness (QED) is 0.732. The highest BCUT2D eigenvalue weighted by atomic mass is 32.2. The molecule has 2 nitrogen and oxygen atoms in total. The lowest BCUT2D eigenvalue weighted by molar-refractivity contribution is -0.266. The Bertz CT molecular complexity index is 476. The highest BCUT2D eigenvalue weighted by molar-refractivity contribution is 8.15. The van der Waals surface area contributed by atoms with Gasteiger partial charge >= 0.3 is 6.18 Å².